The largest absolute Gasteiger partial charge is 0.471 e. The normalized spacial score (nSPS) is 17.5. The van der Waals surface area contributed by atoms with Crippen molar-refractivity contribution in [2.24, 2.45) is 0 Å². The third-order valence-electron chi connectivity index (χ3n) is 3.26. The van der Waals surface area contributed by atoms with Crippen molar-refractivity contribution in [2.75, 3.05) is 13.1 Å². The predicted molar refractivity (Wildman–Crippen MR) is 74.7 cm³/mol. The first kappa shape index (κ1) is 14.0. The van der Waals surface area contributed by atoms with Crippen LogP contribution in [-0.4, -0.2) is 50.2 Å². The summed E-state index contributed by atoms with van der Waals surface area (Å²) in [5.41, 5.74) is -1.35. The van der Waals surface area contributed by atoms with E-state index in [1.165, 1.54) is 4.90 Å². The van der Waals surface area contributed by atoms with Crippen molar-refractivity contribution in [1.82, 2.24) is 25.1 Å². The van der Waals surface area contributed by atoms with Crippen LogP contribution in [0.4, 0.5) is 0 Å². The second-order valence-corrected chi connectivity index (χ2v) is 4.84. The molecule has 2 aromatic rings. The lowest BCUT2D eigenvalue weighted by atomic mass is 10.3. The molecule has 9 nitrogen and oxygen atoms in total. The van der Waals surface area contributed by atoms with Crippen molar-refractivity contribution >= 4 is 5.91 Å². The van der Waals surface area contributed by atoms with Gasteiger partial charge in [0.15, 0.2) is 0 Å². The van der Waals surface area contributed by atoms with Crippen LogP contribution < -0.4 is 16.0 Å². The maximum atomic E-state index is 12.3. The molecule has 9 heteroatoms. The minimum Gasteiger partial charge on any atom is -0.471 e. The number of hydrogen-bond acceptors (Lipinski definition) is 6. The number of aromatic nitrogens is 4. The van der Waals surface area contributed by atoms with Crippen molar-refractivity contribution in [1.29, 1.82) is 0 Å². The number of carbonyl (C=O) groups is 1. The Labute approximate surface area is 124 Å². The minimum absolute atomic E-state index is 0.0334. The lowest BCUT2D eigenvalue weighted by Gasteiger charge is -2.16. The second-order valence-electron chi connectivity index (χ2n) is 4.84. The molecule has 0 aromatic carbocycles. The molecule has 3 rings (SSSR count). The molecule has 1 unspecified atom stereocenters. The van der Waals surface area contributed by atoms with Crippen LogP contribution in [0.2, 0.25) is 0 Å². The van der Waals surface area contributed by atoms with Crippen LogP contribution in [0.15, 0.2) is 34.0 Å². The van der Waals surface area contributed by atoms with Gasteiger partial charge >= 0.3 is 5.69 Å². The SMILES string of the molecule is O=C(c1cc(=O)[nH]c(=O)[nH]1)N1CCC(Oc2cccnn2)C1. The fourth-order valence-electron chi connectivity index (χ4n) is 2.28. The number of likely N-dealkylation sites (tertiary alicyclic amines) is 1. The van der Waals surface area contributed by atoms with Crippen molar-refractivity contribution in [3.05, 3.63) is 50.9 Å². The number of H-pyrrole nitrogens is 2. The highest BCUT2D eigenvalue weighted by molar-refractivity contribution is 5.92. The van der Waals surface area contributed by atoms with Crippen LogP contribution >= 0.6 is 0 Å². The average Bonchev–Trinajstić information content (AvgIpc) is 2.95. The Hall–Kier alpha value is -2.97. The van der Waals surface area contributed by atoms with Crippen molar-refractivity contribution < 1.29 is 9.53 Å². The lowest BCUT2D eigenvalue weighted by molar-refractivity contribution is 0.0764. The summed E-state index contributed by atoms with van der Waals surface area (Å²) in [6, 6.07) is 4.47. The molecule has 114 valence electrons. The Balaban J connectivity index is 1.68. The van der Waals surface area contributed by atoms with Gasteiger partial charge in [0.1, 0.15) is 11.8 Å². The molecule has 0 aliphatic carbocycles. The summed E-state index contributed by atoms with van der Waals surface area (Å²) in [4.78, 5) is 40.6. The van der Waals surface area contributed by atoms with Crippen LogP contribution in [0, 0.1) is 0 Å². The topological polar surface area (TPSA) is 121 Å². The minimum atomic E-state index is -0.706. The maximum Gasteiger partial charge on any atom is 0.326 e. The number of hydrogen-bond donors (Lipinski definition) is 2. The van der Waals surface area contributed by atoms with Gasteiger partial charge in [0, 0.05) is 31.3 Å². The standard InChI is InChI=1S/C13H13N5O4/c19-10-6-9(15-13(21)16-10)12(20)18-5-3-8(7-18)22-11-2-1-4-14-17-11/h1-2,4,6,8H,3,5,7H2,(H2,15,16,19,21). The molecule has 1 fully saturated rings. The first-order chi connectivity index (χ1) is 10.6. The first-order valence-corrected chi connectivity index (χ1v) is 6.69. The summed E-state index contributed by atoms with van der Waals surface area (Å²) in [5.74, 6) is -0.0141. The van der Waals surface area contributed by atoms with Gasteiger partial charge in [0.05, 0.1) is 6.54 Å². The van der Waals surface area contributed by atoms with E-state index in [0.717, 1.165) is 6.07 Å². The molecule has 22 heavy (non-hydrogen) atoms. The molecule has 2 aromatic heterocycles. The Morgan fingerprint density at radius 1 is 1.36 bits per heavy atom. The van der Waals surface area contributed by atoms with Gasteiger partial charge in [-0.1, -0.05) is 0 Å². The fourth-order valence-corrected chi connectivity index (χ4v) is 2.28. The predicted octanol–water partition coefficient (Wildman–Crippen LogP) is -0.853. The quantitative estimate of drug-likeness (QED) is 0.761. The molecular formula is C13H13N5O4. The summed E-state index contributed by atoms with van der Waals surface area (Å²) < 4.78 is 5.63. The van der Waals surface area contributed by atoms with E-state index in [1.807, 2.05) is 4.98 Å². The highest BCUT2D eigenvalue weighted by atomic mass is 16.5. The van der Waals surface area contributed by atoms with E-state index < -0.39 is 17.2 Å². The summed E-state index contributed by atoms with van der Waals surface area (Å²) in [6.07, 6.45) is 1.98. The zero-order chi connectivity index (χ0) is 15.5. The van der Waals surface area contributed by atoms with Crippen LogP contribution in [-0.2, 0) is 0 Å². The van der Waals surface area contributed by atoms with Crippen LogP contribution in [0.1, 0.15) is 16.9 Å². The number of rotatable bonds is 3. The van der Waals surface area contributed by atoms with Gasteiger partial charge in [0.2, 0.25) is 5.88 Å². The van der Waals surface area contributed by atoms with Crippen molar-refractivity contribution in [3.63, 3.8) is 0 Å². The monoisotopic (exact) mass is 303 g/mol. The summed E-state index contributed by atoms with van der Waals surface area (Å²) in [6.45, 7) is 0.822. The molecule has 0 bridgehead atoms. The van der Waals surface area contributed by atoms with Gasteiger partial charge in [0.25, 0.3) is 11.5 Å². The van der Waals surface area contributed by atoms with Crippen LogP contribution in [0.5, 0.6) is 5.88 Å². The van der Waals surface area contributed by atoms with Crippen molar-refractivity contribution in [2.45, 2.75) is 12.5 Å². The number of aromatic amines is 2. The second kappa shape index (κ2) is 5.80. The van der Waals surface area contributed by atoms with Gasteiger partial charge < -0.3 is 14.6 Å². The third kappa shape index (κ3) is 3.03. The van der Waals surface area contributed by atoms with E-state index in [-0.39, 0.29) is 11.8 Å². The highest BCUT2D eigenvalue weighted by Crippen LogP contribution is 2.16. The molecular weight excluding hydrogens is 290 g/mol. The lowest BCUT2D eigenvalue weighted by Crippen LogP contribution is -2.34. The van der Waals surface area contributed by atoms with Gasteiger partial charge in [-0.2, -0.15) is 5.10 Å². The molecule has 1 aliphatic rings. The molecule has 3 heterocycles. The summed E-state index contributed by atoms with van der Waals surface area (Å²) in [5, 5.41) is 7.54. The fraction of sp³-hybridized carbons (Fsp3) is 0.308. The molecule has 0 radical (unpaired) electrons. The molecule has 0 spiro atoms. The van der Waals surface area contributed by atoms with E-state index in [0.29, 0.717) is 25.4 Å². The molecule has 1 amide bonds. The van der Waals surface area contributed by atoms with Gasteiger partial charge in [-0.3, -0.25) is 14.6 Å². The van der Waals surface area contributed by atoms with Gasteiger partial charge in [-0.15, -0.1) is 5.10 Å². The Kier molecular flexibility index (Phi) is 3.69. The van der Waals surface area contributed by atoms with Gasteiger partial charge in [-0.05, 0) is 6.07 Å². The molecule has 0 saturated carbocycles. The summed E-state index contributed by atoms with van der Waals surface area (Å²) in [7, 11) is 0. The highest BCUT2D eigenvalue weighted by Gasteiger charge is 2.29. The maximum absolute atomic E-state index is 12.3. The Morgan fingerprint density at radius 2 is 2.23 bits per heavy atom. The third-order valence-corrected chi connectivity index (χ3v) is 3.26. The molecule has 1 saturated heterocycles. The van der Waals surface area contributed by atoms with E-state index in [4.69, 9.17) is 4.74 Å². The molecule has 1 atom stereocenters. The molecule has 2 N–H and O–H groups in total. The van der Waals surface area contributed by atoms with E-state index in [1.54, 1.807) is 18.3 Å². The molecule has 1 aliphatic heterocycles. The number of nitrogens with zero attached hydrogens (tertiary/aromatic N) is 3. The number of carbonyl (C=O) groups excluding carboxylic acids is 1. The first-order valence-electron chi connectivity index (χ1n) is 6.69. The van der Waals surface area contributed by atoms with Crippen molar-refractivity contribution in [3.8, 4) is 5.88 Å². The zero-order valence-electron chi connectivity index (χ0n) is 11.5. The van der Waals surface area contributed by atoms with Crippen LogP contribution in [0.25, 0.3) is 0 Å². The Morgan fingerprint density at radius 3 is 2.95 bits per heavy atom. The zero-order valence-corrected chi connectivity index (χ0v) is 11.5. The Bertz CT molecular complexity index is 757. The number of nitrogens with one attached hydrogen (secondary N) is 2. The average molecular weight is 303 g/mol. The number of ether oxygens (including phenoxy) is 1. The summed E-state index contributed by atoms with van der Waals surface area (Å²) >= 11 is 0. The smallest absolute Gasteiger partial charge is 0.326 e. The van der Waals surface area contributed by atoms with E-state index >= 15 is 0 Å². The van der Waals surface area contributed by atoms with E-state index in [2.05, 4.69) is 15.2 Å². The van der Waals surface area contributed by atoms with E-state index in [9.17, 15) is 14.4 Å². The van der Waals surface area contributed by atoms with Crippen LogP contribution in [0.3, 0.4) is 0 Å². The number of amides is 1. The van der Waals surface area contributed by atoms with Gasteiger partial charge in [-0.25, -0.2) is 4.79 Å².